The maximum atomic E-state index is 13.7. The van der Waals surface area contributed by atoms with Gasteiger partial charge in [-0.25, -0.2) is 4.68 Å². The van der Waals surface area contributed by atoms with Crippen LogP contribution in [0.25, 0.3) is 5.69 Å². The molecule has 0 unspecified atom stereocenters. The van der Waals surface area contributed by atoms with E-state index in [1.54, 1.807) is 0 Å². The lowest BCUT2D eigenvalue weighted by Gasteiger charge is -2.26. The van der Waals surface area contributed by atoms with Crippen LogP contribution in [0.3, 0.4) is 0 Å². The van der Waals surface area contributed by atoms with Crippen LogP contribution in [0.5, 0.6) is 0 Å². The van der Waals surface area contributed by atoms with Gasteiger partial charge in [-0.05, 0) is 43.9 Å². The van der Waals surface area contributed by atoms with E-state index in [1.807, 2.05) is 0 Å². The van der Waals surface area contributed by atoms with Gasteiger partial charge in [0.05, 0.1) is 29.1 Å². The minimum absolute atomic E-state index is 0.286. The molecule has 158 valence electrons. The summed E-state index contributed by atoms with van der Waals surface area (Å²) in [6.45, 7) is 0. The van der Waals surface area contributed by atoms with Gasteiger partial charge in [-0.3, -0.25) is 4.79 Å². The molecule has 5 nitrogen and oxygen atoms in total. The van der Waals surface area contributed by atoms with Crippen molar-refractivity contribution in [2.75, 3.05) is 0 Å². The fourth-order valence-corrected chi connectivity index (χ4v) is 3.28. The highest BCUT2D eigenvalue weighted by molar-refractivity contribution is 5.95. The Morgan fingerprint density at radius 1 is 1.07 bits per heavy atom. The first-order chi connectivity index (χ1) is 13.5. The third kappa shape index (κ3) is 4.72. The van der Waals surface area contributed by atoms with E-state index in [9.17, 15) is 36.2 Å². The summed E-state index contributed by atoms with van der Waals surface area (Å²) >= 11 is 0. The average molecular weight is 421 g/mol. The summed E-state index contributed by atoms with van der Waals surface area (Å²) in [5.74, 6) is -1.02. The quantitative estimate of drug-likeness (QED) is 0.738. The van der Waals surface area contributed by atoms with Gasteiger partial charge >= 0.3 is 12.4 Å². The number of aromatic nitrogens is 2. The van der Waals surface area contributed by atoms with Crippen molar-refractivity contribution in [2.45, 2.75) is 50.2 Å². The van der Waals surface area contributed by atoms with Crippen LogP contribution < -0.4 is 5.32 Å². The molecule has 1 aliphatic rings. The van der Waals surface area contributed by atoms with Crippen molar-refractivity contribution >= 4 is 5.91 Å². The number of hydrogen-bond donors (Lipinski definition) is 2. The van der Waals surface area contributed by atoms with Crippen molar-refractivity contribution in [1.82, 2.24) is 15.1 Å². The number of carbonyl (C=O) groups excluding carboxylic acids is 1. The molecule has 11 heteroatoms. The molecule has 0 saturated heterocycles. The molecule has 3 rings (SSSR count). The predicted octanol–water partition coefficient (Wildman–Crippen LogP) is 3.94. The number of nitrogens with one attached hydrogen (secondary N) is 1. The number of aliphatic hydroxyl groups excluding tert-OH is 1. The summed E-state index contributed by atoms with van der Waals surface area (Å²) in [4.78, 5) is 12.4. The fourth-order valence-electron chi connectivity index (χ4n) is 3.28. The van der Waals surface area contributed by atoms with Crippen LogP contribution in [0.2, 0.25) is 0 Å². The summed E-state index contributed by atoms with van der Waals surface area (Å²) in [7, 11) is 0. The maximum Gasteiger partial charge on any atom is 0.434 e. The number of carbonyl (C=O) groups is 1. The highest BCUT2D eigenvalue weighted by Crippen LogP contribution is 2.35. The molecule has 29 heavy (non-hydrogen) atoms. The van der Waals surface area contributed by atoms with E-state index < -0.39 is 52.9 Å². The molecule has 0 spiro atoms. The van der Waals surface area contributed by atoms with Crippen molar-refractivity contribution in [1.29, 1.82) is 0 Å². The second-order valence-corrected chi connectivity index (χ2v) is 6.84. The molecule has 1 saturated carbocycles. The van der Waals surface area contributed by atoms with E-state index in [2.05, 4.69) is 10.4 Å². The summed E-state index contributed by atoms with van der Waals surface area (Å²) in [6, 6.07) is 2.87. The van der Waals surface area contributed by atoms with Crippen molar-refractivity contribution in [3.8, 4) is 5.69 Å². The third-order valence-corrected chi connectivity index (χ3v) is 4.73. The van der Waals surface area contributed by atoms with Gasteiger partial charge in [0, 0.05) is 6.04 Å². The Labute approximate surface area is 161 Å². The third-order valence-electron chi connectivity index (χ3n) is 4.73. The smallest absolute Gasteiger partial charge is 0.393 e. The molecule has 0 radical (unpaired) electrons. The lowest BCUT2D eigenvalue weighted by Crippen LogP contribution is -2.39. The first-order valence-corrected chi connectivity index (χ1v) is 8.78. The molecular formula is C18H17F6N3O2. The van der Waals surface area contributed by atoms with Crippen LogP contribution in [-0.4, -0.2) is 32.9 Å². The second-order valence-electron chi connectivity index (χ2n) is 6.84. The van der Waals surface area contributed by atoms with Gasteiger partial charge in [0.1, 0.15) is 0 Å². The van der Waals surface area contributed by atoms with Crippen LogP contribution >= 0.6 is 0 Å². The Morgan fingerprint density at radius 3 is 2.31 bits per heavy atom. The number of halogens is 6. The molecule has 0 bridgehead atoms. The van der Waals surface area contributed by atoms with Gasteiger partial charge < -0.3 is 10.4 Å². The SMILES string of the molecule is O=C(NC1CCC(O)CC1)c1cnn(-c2cccc(C(F)(F)F)c2)c1C(F)(F)F. The number of benzene rings is 1. The highest BCUT2D eigenvalue weighted by Gasteiger charge is 2.41. The lowest BCUT2D eigenvalue weighted by molar-refractivity contribution is -0.143. The van der Waals surface area contributed by atoms with Gasteiger partial charge in [0.2, 0.25) is 0 Å². The number of rotatable bonds is 3. The van der Waals surface area contributed by atoms with E-state index in [0.717, 1.165) is 18.2 Å². The number of hydrogen-bond acceptors (Lipinski definition) is 3. The van der Waals surface area contributed by atoms with Crippen LogP contribution in [0, 0.1) is 0 Å². The zero-order valence-electron chi connectivity index (χ0n) is 14.9. The zero-order chi connectivity index (χ0) is 21.4. The molecule has 1 aromatic heterocycles. The van der Waals surface area contributed by atoms with Crippen LogP contribution in [-0.2, 0) is 12.4 Å². The molecule has 0 aliphatic heterocycles. The van der Waals surface area contributed by atoms with E-state index in [0.29, 0.717) is 37.9 Å². The van der Waals surface area contributed by atoms with Gasteiger partial charge in [0.15, 0.2) is 5.69 Å². The Morgan fingerprint density at radius 2 is 1.72 bits per heavy atom. The lowest BCUT2D eigenvalue weighted by atomic mass is 9.93. The first-order valence-electron chi connectivity index (χ1n) is 8.78. The first kappa shape index (κ1) is 21.2. The second kappa shape index (κ2) is 7.69. The normalized spacial score (nSPS) is 20.5. The van der Waals surface area contributed by atoms with E-state index >= 15 is 0 Å². The average Bonchev–Trinajstić information content (AvgIpc) is 3.09. The molecule has 1 fully saturated rings. The van der Waals surface area contributed by atoms with Crippen molar-refractivity contribution in [2.24, 2.45) is 0 Å². The summed E-state index contributed by atoms with van der Waals surface area (Å²) in [5.41, 5.74) is -3.83. The Bertz CT molecular complexity index is 882. The van der Waals surface area contributed by atoms with E-state index in [-0.39, 0.29) is 4.68 Å². The molecule has 2 aromatic rings. The summed E-state index contributed by atoms with van der Waals surface area (Å²) < 4.78 is 80.0. The minimum Gasteiger partial charge on any atom is -0.393 e. The molecular weight excluding hydrogens is 404 g/mol. The van der Waals surface area contributed by atoms with Crippen molar-refractivity contribution in [3.05, 3.63) is 47.3 Å². The van der Waals surface area contributed by atoms with Crippen LogP contribution in [0.4, 0.5) is 26.3 Å². The number of amides is 1. The predicted molar refractivity (Wildman–Crippen MR) is 89.3 cm³/mol. The molecule has 1 aliphatic carbocycles. The summed E-state index contributed by atoms with van der Waals surface area (Å²) in [6.07, 6.45) is -7.92. The van der Waals surface area contributed by atoms with Gasteiger partial charge in [-0.15, -0.1) is 0 Å². The van der Waals surface area contributed by atoms with E-state index in [4.69, 9.17) is 0 Å². The van der Waals surface area contributed by atoms with Crippen LogP contribution in [0.1, 0.15) is 47.3 Å². The minimum atomic E-state index is -5.03. The zero-order valence-corrected chi connectivity index (χ0v) is 14.9. The van der Waals surface area contributed by atoms with Crippen molar-refractivity contribution < 1.29 is 36.2 Å². The fraction of sp³-hybridized carbons (Fsp3) is 0.444. The highest BCUT2D eigenvalue weighted by atomic mass is 19.4. The standard InChI is InChI=1S/C18H17F6N3O2/c19-17(20,21)10-2-1-3-12(8-10)27-15(18(22,23)24)14(9-25-27)16(29)26-11-4-6-13(28)7-5-11/h1-3,8-9,11,13,28H,4-7H2,(H,26,29). The topological polar surface area (TPSA) is 67.2 Å². The number of aliphatic hydroxyl groups is 1. The maximum absolute atomic E-state index is 13.7. The van der Waals surface area contributed by atoms with Gasteiger partial charge in [0.25, 0.3) is 5.91 Å². The summed E-state index contributed by atoms with van der Waals surface area (Å²) in [5, 5.41) is 15.5. The Balaban J connectivity index is 1.95. The molecule has 1 aromatic carbocycles. The van der Waals surface area contributed by atoms with Gasteiger partial charge in [-0.1, -0.05) is 6.07 Å². The van der Waals surface area contributed by atoms with Crippen molar-refractivity contribution in [3.63, 3.8) is 0 Å². The number of alkyl halides is 6. The largest absolute Gasteiger partial charge is 0.434 e. The molecule has 1 amide bonds. The molecule has 1 heterocycles. The molecule has 0 atom stereocenters. The monoisotopic (exact) mass is 421 g/mol. The van der Waals surface area contributed by atoms with E-state index in [1.165, 1.54) is 0 Å². The molecule has 2 N–H and O–H groups in total. The van der Waals surface area contributed by atoms with Crippen LogP contribution in [0.15, 0.2) is 30.5 Å². The number of nitrogens with zero attached hydrogens (tertiary/aromatic N) is 2. The Hall–Kier alpha value is -2.56. The Kier molecular flexibility index (Phi) is 5.61. The van der Waals surface area contributed by atoms with Gasteiger partial charge in [-0.2, -0.15) is 31.4 Å².